The molecule has 1 N–H and O–H groups in total. The van der Waals surface area contributed by atoms with Crippen LogP contribution >= 0.6 is 15.9 Å². The van der Waals surface area contributed by atoms with E-state index in [0.717, 1.165) is 35.2 Å². The molecule has 0 bridgehead atoms. The van der Waals surface area contributed by atoms with Gasteiger partial charge in [-0.15, -0.1) is 0 Å². The molecule has 3 aromatic heterocycles. The first-order valence-electron chi connectivity index (χ1n) is 9.81. The Morgan fingerprint density at radius 2 is 2.03 bits per heavy atom. The van der Waals surface area contributed by atoms with Crippen LogP contribution in [0.2, 0.25) is 0 Å². The van der Waals surface area contributed by atoms with Crippen molar-refractivity contribution in [1.29, 1.82) is 0 Å². The van der Waals surface area contributed by atoms with Crippen LogP contribution in [0.15, 0.2) is 47.5 Å². The Hall–Kier alpha value is -2.48. The Kier molecular flexibility index (Phi) is 5.54. The second-order valence-corrected chi connectivity index (χ2v) is 9.15. The number of nitrogens with one attached hydrogen (secondary N) is 1. The van der Waals surface area contributed by atoms with Crippen LogP contribution < -0.4 is 10.1 Å². The highest BCUT2D eigenvalue weighted by Gasteiger charge is 2.31. The van der Waals surface area contributed by atoms with Gasteiger partial charge in [-0.2, -0.15) is 5.10 Å². The number of ether oxygens (including phenoxy) is 1. The first-order chi connectivity index (χ1) is 13.9. The lowest BCUT2D eigenvalue weighted by Gasteiger charge is -2.22. The zero-order valence-corrected chi connectivity index (χ0v) is 18.4. The summed E-state index contributed by atoms with van der Waals surface area (Å²) in [5.41, 5.74) is 0.924. The van der Waals surface area contributed by atoms with Crippen molar-refractivity contribution in [3.8, 4) is 5.88 Å². The highest BCUT2D eigenvalue weighted by molar-refractivity contribution is 9.10. The van der Waals surface area contributed by atoms with Crippen molar-refractivity contribution < 1.29 is 4.74 Å². The number of hydrogen-bond acceptors (Lipinski definition) is 6. The lowest BCUT2D eigenvalue weighted by molar-refractivity contribution is 0.198. The van der Waals surface area contributed by atoms with Gasteiger partial charge in [0.25, 0.3) is 0 Å². The Bertz CT molecular complexity index is 969. The molecule has 0 aromatic carbocycles. The summed E-state index contributed by atoms with van der Waals surface area (Å²) in [4.78, 5) is 12.8. The summed E-state index contributed by atoms with van der Waals surface area (Å²) >= 11 is 3.51. The molecule has 152 valence electrons. The average Bonchev–Trinajstić information content (AvgIpc) is 3.31. The van der Waals surface area contributed by atoms with Crippen LogP contribution in [0.25, 0.3) is 0 Å². The molecule has 0 amide bonds. The van der Waals surface area contributed by atoms with E-state index < -0.39 is 0 Å². The minimum atomic E-state index is -0.157. The number of hydrogen-bond donors (Lipinski definition) is 1. The second-order valence-electron chi connectivity index (χ2n) is 8.29. The van der Waals surface area contributed by atoms with Gasteiger partial charge in [-0.25, -0.2) is 14.6 Å². The number of anilines is 2. The summed E-state index contributed by atoms with van der Waals surface area (Å²) in [7, 11) is 0. The molecule has 4 rings (SSSR count). The summed E-state index contributed by atoms with van der Waals surface area (Å²) in [6.07, 6.45) is 9.90. The minimum absolute atomic E-state index is 0.141. The number of rotatable bonds is 5. The zero-order chi connectivity index (χ0) is 20.4. The lowest BCUT2D eigenvalue weighted by atomic mass is 10.0. The van der Waals surface area contributed by atoms with Crippen molar-refractivity contribution >= 4 is 27.6 Å². The highest BCUT2D eigenvalue weighted by Crippen LogP contribution is 2.38. The third-order valence-corrected chi connectivity index (χ3v) is 5.59. The molecule has 0 aliphatic heterocycles. The fourth-order valence-corrected chi connectivity index (χ4v) is 3.97. The maximum Gasteiger partial charge on any atom is 0.228 e. The van der Waals surface area contributed by atoms with Crippen LogP contribution in [0.5, 0.6) is 5.88 Å². The standard InChI is InChI=1S/C21H25BrN6O/c1-21(2,3)28-19(26-18-13-23-9-10-24-18)12-17(27-28)14-6-7-15(11-14)29-20-16(22)5-4-8-25-20/h4-5,8-10,12-15H,6-7,11H2,1-3H3,(H,24,26). The number of aromatic nitrogens is 5. The van der Waals surface area contributed by atoms with E-state index in [1.807, 2.05) is 16.8 Å². The van der Waals surface area contributed by atoms with E-state index in [1.165, 1.54) is 0 Å². The molecule has 8 heteroatoms. The van der Waals surface area contributed by atoms with Crippen molar-refractivity contribution in [2.24, 2.45) is 0 Å². The number of pyridine rings is 1. The Labute approximate surface area is 179 Å². The Morgan fingerprint density at radius 1 is 1.17 bits per heavy atom. The molecule has 0 spiro atoms. The molecule has 0 radical (unpaired) electrons. The topological polar surface area (TPSA) is 77.8 Å². The van der Waals surface area contributed by atoms with Gasteiger partial charge in [-0.05, 0) is 68.1 Å². The van der Waals surface area contributed by atoms with Gasteiger partial charge in [-0.3, -0.25) is 4.98 Å². The van der Waals surface area contributed by atoms with E-state index >= 15 is 0 Å². The summed E-state index contributed by atoms with van der Waals surface area (Å²) in [6, 6.07) is 5.97. The van der Waals surface area contributed by atoms with Crippen LogP contribution in [0.1, 0.15) is 51.6 Å². The van der Waals surface area contributed by atoms with Gasteiger partial charge in [0.2, 0.25) is 5.88 Å². The van der Waals surface area contributed by atoms with Crippen LogP contribution in [0.3, 0.4) is 0 Å². The molecule has 3 heterocycles. The Morgan fingerprint density at radius 3 is 2.76 bits per heavy atom. The summed E-state index contributed by atoms with van der Waals surface area (Å²) < 4.78 is 9.04. The van der Waals surface area contributed by atoms with Gasteiger partial charge in [0.1, 0.15) is 17.7 Å². The monoisotopic (exact) mass is 456 g/mol. The van der Waals surface area contributed by atoms with E-state index in [9.17, 15) is 0 Å². The summed E-state index contributed by atoms with van der Waals surface area (Å²) in [6.45, 7) is 6.43. The SMILES string of the molecule is CC(C)(C)n1nc(C2CCC(Oc3ncccc3Br)C2)cc1Nc1cnccn1. The fraction of sp³-hybridized carbons (Fsp3) is 0.429. The van der Waals surface area contributed by atoms with Crippen LogP contribution in [-0.4, -0.2) is 30.8 Å². The molecule has 1 saturated carbocycles. The van der Waals surface area contributed by atoms with Gasteiger partial charge in [0.15, 0.2) is 0 Å². The molecule has 2 atom stereocenters. The van der Waals surface area contributed by atoms with E-state index in [2.05, 4.69) is 63.0 Å². The normalized spacial score (nSPS) is 19.3. The van der Waals surface area contributed by atoms with Gasteiger partial charge in [0, 0.05) is 30.6 Å². The molecule has 3 aromatic rings. The molecule has 0 saturated heterocycles. The smallest absolute Gasteiger partial charge is 0.228 e. The predicted octanol–water partition coefficient (Wildman–Crippen LogP) is 5.04. The lowest BCUT2D eigenvalue weighted by Crippen LogP contribution is -2.25. The molecular weight excluding hydrogens is 432 g/mol. The van der Waals surface area contributed by atoms with Crippen LogP contribution in [0, 0.1) is 0 Å². The number of nitrogens with zero attached hydrogens (tertiary/aromatic N) is 5. The van der Waals surface area contributed by atoms with Gasteiger partial charge in [-0.1, -0.05) is 0 Å². The van der Waals surface area contributed by atoms with Crippen LogP contribution in [0.4, 0.5) is 11.6 Å². The van der Waals surface area contributed by atoms with Crippen molar-refractivity contribution in [3.05, 3.63) is 53.2 Å². The van der Waals surface area contributed by atoms with Gasteiger partial charge >= 0.3 is 0 Å². The first-order valence-corrected chi connectivity index (χ1v) is 10.6. The van der Waals surface area contributed by atoms with Crippen molar-refractivity contribution in [2.75, 3.05) is 5.32 Å². The molecule has 1 aliphatic rings. The quantitative estimate of drug-likeness (QED) is 0.578. The molecule has 1 aliphatic carbocycles. The maximum atomic E-state index is 6.13. The summed E-state index contributed by atoms with van der Waals surface area (Å²) in [5.74, 6) is 2.64. The molecule has 7 nitrogen and oxygen atoms in total. The third-order valence-electron chi connectivity index (χ3n) is 4.99. The molecule has 2 unspecified atom stereocenters. The molecular formula is C21H25BrN6O. The van der Waals surface area contributed by atoms with E-state index in [1.54, 1.807) is 24.8 Å². The number of halogens is 1. The van der Waals surface area contributed by atoms with Crippen molar-refractivity contribution in [3.63, 3.8) is 0 Å². The average molecular weight is 457 g/mol. The first kappa shape index (κ1) is 19.8. The molecule has 1 fully saturated rings. The zero-order valence-electron chi connectivity index (χ0n) is 16.8. The van der Waals surface area contributed by atoms with E-state index in [0.29, 0.717) is 17.6 Å². The summed E-state index contributed by atoms with van der Waals surface area (Å²) in [5, 5.41) is 8.31. The highest BCUT2D eigenvalue weighted by atomic mass is 79.9. The van der Waals surface area contributed by atoms with E-state index in [-0.39, 0.29) is 11.6 Å². The van der Waals surface area contributed by atoms with Crippen LogP contribution in [-0.2, 0) is 5.54 Å². The minimum Gasteiger partial charge on any atom is -0.474 e. The third kappa shape index (κ3) is 4.58. The van der Waals surface area contributed by atoms with Gasteiger partial charge in [0.05, 0.1) is 21.9 Å². The maximum absolute atomic E-state index is 6.13. The fourth-order valence-electron chi connectivity index (χ4n) is 3.63. The largest absolute Gasteiger partial charge is 0.474 e. The van der Waals surface area contributed by atoms with Crippen molar-refractivity contribution in [2.45, 2.75) is 57.6 Å². The predicted molar refractivity (Wildman–Crippen MR) is 115 cm³/mol. The Balaban J connectivity index is 1.52. The molecule has 29 heavy (non-hydrogen) atoms. The van der Waals surface area contributed by atoms with E-state index in [4.69, 9.17) is 9.84 Å². The van der Waals surface area contributed by atoms with Gasteiger partial charge < -0.3 is 10.1 Å². The van der Waals surface area contributed by atoms with Crippen molar-refractivity contribution in [1.82, 2.24) is 24.7 Å². The second kappa shape index (κ2) is 8.10.